The summed E-state index contributed by atoms with van der Waals surface area (Å²) in [6.45, 7) is 3.78. The van der Waals surface area contributed by atoms with Gasteiger partial charge in [0.05, 0.1) is 0 Å². The van der Waals surface area contributed by atoms with Gasteiger partial charge in [0.15, 0.2) is 0 Å². The summed E-state index contributed by atoms with van der Waals surface area (Å²) in [6.07, 6.45) is 6.84. The van der Waals surface area contributed by atoms with Crippen LogP contribution in [0, 0.1) is 5.92 Å². The average Bonchev–Trinajstić information content (AvgIpc) is 2.74. The number of hydrogen-bond acceptors (Lipinski definition) is 3. The molecule has 0 aliphatic carbocycles. The van der Waals surface area contributed by atoms with Crippen LogP contribution in [0.2, 0.25) is 0 Å². The number of hydrogen-bond donors (Lipinski definition) is 2. The van der Waals surface area contributed by atoms with Crippen LogP contribution in [0.3, 0.4) is 0 Å². The Bertz CT molecular complexity index is 201. The van der Waals surface area contributed by atoms with Gasteiger partial charge in [0.1, 0.15) is 0 Å². The van der Waals surface area contributed by atoms with Crippen LogP contribution in [0.4, 0.5) is 0 Å². The highest BCUT2D eigenvalue weighted by molar-refractivity contribution is 4.87. The van der Waals surface area contributed by atoms with Gasteiger partial charge in [-0.25, -0.2) is 0 Å². The summed E-state index contributed by atoms with van der Waals surface area (Å²) in [5.74, 6) is 0.860. The Morgan fingerprint density at radius 1 is 1.38 bits per heavy atom. The zero-order chi connectivity index (χ0) is 11.4. The van der Waals surface area contributed by atoms with Crippen molar-refractivity contribution in [3.8, 4) is 0 Å². The van der Waals surface area contributed by atoms with Gasteiger partial charge in [0.2, 0.25) is 0 Å². The number of rotatable bonds is 4. The molecule has 2 N–H and O–H groups in total. The zero-order valence-corrected chi connectivity index (χ0v) is 10.8. The van der Waals surface area contributed by atoms with Gasteiger partial charge in [-0.15, -0.1) is 0 Å². The average molecular weight is 225 g/mol. The summed E-state index contributed by atoms with van der Waals surface area (Å²) in [7, 11) is 4.37. The normalized spacial score (nSPS) is 34.1. The van der Waals surface area contributed by atoms with E-state index in [1.807, 2.05) is 0 Å². The summed E-state index contributed by atoms with van der Waals surface area (Å²) in [5.41, 5.74) is 0. The van der Waals surface area contributed by atoms with Crippen molar-refractivity contribution < 1.29 is 0 Å². The fourth-order valence-electron chi connectivity index (χ4n) is 3.28. The number of nitrogens with zero attached hydrogens (tertiary/aromatic N) is 1. The molecule has 3 unspecified atom stereocenters. The van der Waals surface area contributed by atoms with Crippen LogP contribution in [-0.2, 0) is 0 Å². The Kier molecular flexibility index (Phi) is 4.62. The largest absolute Gasteiger partial charge is 0.317 e. The van der Waals surface area contributed by atoms with Gasteiger partial charge in [-0.3, -0.25) is 0 Å². The van der Waals surface area contributed by atoms with Gasteiger partial charge < -0.3 is 15.5 Å². The first-order valence-electron chi connectivity index (χ1n) is 6.89. The second-order valence-corrected chi connectivity index (χ2v) is 5.59. The molecule has 94 valence electrons. The first-order chi connectivity index (χ1) is 7.79. The lowest BCUT2D eigenvalue weighted by atomic mass is 9.90. The van der Waals surface area contributed by atoms with E-state index in [-0.39, 0.29) is 0 Å². The third kappa shape index (κ3) is 3.19. The molecule has 2 heterocycles. The van der Waals surface area contributed by atoms with Crippen molar-refractivity contribution in [2.45, 2.75) is 44.2 Å². The Balaban J connectivity index is 1.80. The van der Waals surface area contributed by atoms with Crippen LogP contribution in [0.1, 0.15) is 32.1 Å². The molecule has 0 spiro atoms. The van der Waals surface area contributed by atoms with Gasteiger partial charge in [0, 0.05) is 18.6 Å². The van der Waals surface area contributed by atoms with E-state index in [0.717, 1.165) is 12.0 Å². The minimum atomic E-state index is 0.709. The van der Waals surface area contributed by atoms with Crippen molar-refractivity contribution in [3.63, 3.8) is 0 Å². The van der Waals surface area contributed by atoms with Gasteiger partial charge in [0.25, 0.3) is 0 Å². The molecule has 0 amide bonds. The van der Waals surface area contributed by atoms with Crippen molar-refractivity contribution in [1.29, 1.82) is 0 Å². The molecule has 3 atom stereocenters. The first kappa shape index (κ1) is 12.3. The third-order valence-corrected chi connectivity index (χ3v) is 4.32. The molecule has 0 aromatic heterocycles. The van der Waals surface area contributed by atoms with Gasteiger partial charge in [-0.1, -0.05) is 6.42 Å². The molecular weight excluding hydrogens is 198 g/mol. The van der Waals surface area contributed by atoms with Crippen molar-refractivity contribution in [1.82, 2.24) is 15.5 Å². The van der Waals surface area contributed by atoms with E-state index < -0.39 is 0 Å². The van der Waals surface area contributed by atoms with E-state index in [9.17, 15) is 0 Å². The Morgan fingerprint density at radius 2 is 2.25 bits per heavy atom. The van der Waals surface area contributed by atoms with Crippen molar-refractivity contribution in [3.05, 3.63) is 0 Å². The fourth-order valence-corrected chi connectivity index (χ4v) is 3.28. The Hall–Kier alpha value is -0.120. The maximum absolute atomic E-state index is 3.66. The van der Waals surface area contributed by atoms with Gasteiger partial charge >= 0.3 is 0 Å². The highest BCUT2D eigenvalue weighted by Gasteiger charge is 2.28. The molecule has 2 aliphatic rings. The van der Waals surface area contributed by atoms with E-state index in [1.165, 1.54) is 51.7 Å². The van der Waals surface area contributed by atoms with Gasteiger partial charge in [-0.2, -0.15) is 0 Å². The molecule has 2 fully saturated rings. The molecule has 0 aromatic rings. The summed E-state index contributed by atoms with van der Waals surface area (Å²) >= 11 is 0. The predicted octanol–water partition coefficient (Wildman–Crippen LogP) is 1.06. The van der Waals surface area contributed by atoms with Crippen LogP contribution in [0.25, 0.3) is 0 Å². The highest BCUT2D eigenvalue weighted by atomic mass is 15.1. The zero-order valence-electron chi connectivity index (χ0n) is 10.8. The van der Waals surface area contributed by atoms with Gasteiger partial charge in [-0.05, 0) is 58.8 Å². The van der Waals surface area contributed by atoms with Crippen LogP contribution < -0.4 is 10.6 Å². The summed E-state index contributed by atoms with van der Waals surface area (Å²) in [6, 6.07) is 1.47. The molecule has 2 rings (SSSR count). The van der Waals surface area contributed by atoms with Crippen molar-refractivity contribution in [2.24, 2.45) is 5.92 Å². The summed E-state index contributed by atoms with van der Waals surface area (Å²) in [5, 5.41) is 7.21. The molecule has 3 heteroatoms. The monoisotopic (exact) mass is 225 g/mol. The minimum Gasteiger partial charge on any atom is -0.317 e. The molecule has 0 bridgehead atoms. The lowest BCUT2D eigenvalue weighted by Gasteiger charge is -2.30. The lowest BCUT2D eigenvalue weighted by molar-refractivity contribution is 0.283. The SMILES string of the molecule is CNC(CC1CCCCN1)C1CCN(C)C1. The lowest BCUT2D eigenvalue weighted by Crippen LogP contribution is -2.43. The predicted molar refractivity (Wildman–Crippen MR) is 68.7 cm³/mol. The summed E-state index contributed by atoms with van der Waals surface area (Å²) < 4.78 is 0. The summed E-state index contributed by atoms with van der Waals surface area (Å²) in [4.78, 5) is 2.46. The van der Waals surface area contributed by atoms with Crippen LogP contribution in [0.5, 0.6) is 0 Å². The molecule has 0 radical (unpaired) electrons. The van der Waals surface area contributed by atoms with Crippen molar-refractivity contribution in [2.75, 3.05) is 33.7 Å². The number of nitrogens with one attached hydrogen (secondary N) is 2. The molecule has 2 saturated heterocycles. The van der Waals surface area contributed by atoms with Crippen LogP contribution >= 0.6 is 0 Å². The minimum absolute atomic E-state index is 0.709. The van der Waals surface area contributed by atoms with E-state index >= 15 is 0 Å². The Labute approximate surface area is 100.0 Å². The Morgan fingerprint density at radius 3 is 2.81 bits per heavy atom. The molecule has 3 nitrogen and oxygen atoms in total. The van der Waals surface area contributed by atoms with E-state index in [4.69, 9.17) is 0 Å². The topological polar surface area (TPSA) is 27.3 Å². The standard InChI is InChI=1S/C13H27N3/c1-14-13(11-6-8-16(2)10-11)9-12-5-3-4-7-15-12/h11-15H,3-10H2,1-2H3. The van der Waals surface area contributed by atoms with E-state index in [2.05, 4.69) is 29.6 Å². The second kappa shape index (κ2) is 5.99. The van der Waals surface area contributed by atoms with E-state index in [0.29, 0.717) is 6.04 Å². The molecule has 0 saturated carbocycles. The molecule has 2 aliphatic heterocycles. The number of piperidine rings is 1. The molecule has 0 aromatic carbocycles. The highest BCUT2D eigenvalue weighted by Crippen LogP contribution is 2.23. The third-order valence-electron chi connectivity index (χ3n) is 4.32. The first-order valence-corrected chi connectivity index (χ1v) is 6.89. The van der Waals surface area contributed by atoms with E-state index in [1.54, 1.807) is 0 Å². The van der Waals surface area contributed by atoms with Crippen LogP contribution in [-0.4, -0.2) is 50.7 Å². The van der Waals surface area contributed by atoms with Crippen molar-refractivity contribution >= 4 is 0 Å². The number of likely N-dealkylation sites (tertiary alicyclic amines) is 1. The van der Waals surface area contributed by atoms with Crippen LogP contribution in [0.15, 0.2) is 0 Å². The second-order valence-electron chi connectivity index (χ2n) is 5.59. The maximum atomic E-state index is 3.66. The maximum Gasteiger partial charge on any atom is 0.0120 e. The smallest absolute Gasteiger partial charge is 0.0120 e. The molecular formula is C13H27N3. The quantitative estimate of drug-likeness (QED) is 0.749. The fraction of sp³-hybridized carbons (Fsp3) is 1.00. The molecule has 16 heavy (non-hydrogen) atoms.